The summed E-state index contributed by atoms with van der Waals surface area (Å²) in [5, 5.41) is 3.29. The fourth-order valence-electron chi connectivity index (χ4n) is 7.04. The minimum Gasteiger partial charge on any atom is -0.335 e. The summed E-state index contributed by atoms with van der Waals surface area (Å²) in [6.07, 6.45) is 1.35. The number of nitrogens with one attached hydrogen (secondary N) is 3. The van der Waals surface area contributed by atoms with Gasteiger partial charge in [-0.25, -0.2) is 19.0 Å². The molecule has 0 radical (unpaired) electrons. The molecule has 3 saturated heterocycles. The van der Waals surface area contributed by atoms with Crippen LogP contribution in [0.2, 0.25) is 0 Å². The Labute approximate surface area is 210 Å². The summed E-state index contributed by atoms with van der Waals surface area (Å²) < 4.78 is 26.5. The molecule has 1 aromatic carbocycles. The van der Waals surface area contributed by atoms with Crippen molar-refractivity contribution in [3.8, 4) is 0 Å². The van der Waals surface area contributed by atoms with Crippen molar-refractivity contribution >= 4 is 6.03 Å². The Hall–Kier alpha value is -2.62. The fraction of sp³-hybridized carbons (Fsp3) is 0.556. The summed E-state index contributed by atoms with van der Waals surface area (Å²) in [6, 6.07) is 14.7. The standard InChI is InChI=1S/C27H34F2N6O/c1-16-9-18(7-8-30-16)26-20-10-19-12-35(27(36)31-22(19)11-23(20)32-33-26)24-14-34(15-25(28)29)13-21(24)17-5-3-2-4-6-17/h2-9,19-26,32-33H,10-15H2,1H3,(H,31,36)/t19?,20?,21-,22?,23?,24+,26?/m0/s1. The molecule has 4 fully saturated rings. The second kappa shape index (κ2) is 9.68. The lowest BCUT2D eigenvalue weighted by Gasteiger charge is -2.48. The summed E-state index contributed by atoms with van der Waals surface area (Å²) in [7, 11) is 0. The lowest BCUT2D eigenvalue weighted by molar-refractivity contribution is 0.0729. The van der Waals surface area contributed by atoms with Gasteiger partial charge in [0.2, 0.25) is 0 Å². The zero-order valence-corrected chi connectivity index (χ0v) is 20.5. The summed E-state index contributed by atoms with van der Waals surface area (Å²) in [5.74, 6) is 0.747. The Balaban J connectivity index is 1.22. The van der Waals surface area contributed by atoms with Gasteiger partial charge in [-0.15, -0.1) is 0 Å². The maximum Gasteiger partial charge on any atom is 0.317 e. The summed E-state index contributed by atoms with van der Waals surface area (Å²) in [5.41, 5.74) is 10.3. The molecule has 192 valence electrons. The smallest absolute Gasteiger partial charge is 0.317 e. The molecule has 1 aromatic heterocycles. The predicted octanol–water partition coefficient (Wildman–Crippen LogP) is 3.06. The Morgan fingerprint density at radius 1 is 1.03 bits per heavy atom. The SMILES string of the molecule is Cc1cc(C2NNC3CC4NC(=O)N([C@@H]5CN(CC(F)F)C[C@H]5c5ccccc5)CC4CC32)ccn1. The Kier molecular flexibility index (Phi) is 6.39. The number of urea groups is 1. The molecule has 6 rings (SSSR count). The zero-order chi connectivity index (χ0) is 24.8. The quantitative estimate of drug-likeness (QED) is 0.594. The lowest BCUT2D eigenvalue weighted by atomic mass is 9.71. The van der Waals surface area contributed by atoms with Crippen molar-refractivity contribution in [1.82, 2.24) is 31.0 Å². The largest absolute Gasteiger partial charge is 0.335 e. The molecule has 7 atom stereocenters. The Morgan fingerprint density at radius 3 is 2.64 bits per heavy atom. The molecule has 7 nitrogen and oxygen atoms in total. The van der Waals surface area contributed by atoms with Crippen LogP contribution in [0.25, 0.3) is 0 Å². The average Bonchev–Trinajstić information content (AvgIpc) is 3.46. The highest BCUT2D eigenvalue weighted by molar-refractivity contribution is 5.76. The van der Waals surface area contributed by atoms with Crippen molar-refractivity contribution in [2.75, 3.05) is 26.2 Å². The van der Waals surface area contributed by atoms with Crippen LogP contribution in [0.5, 0.6) is 0 Å². The molecule has 0 spiro atoms. The highest BCUT2D eigenvalue weighted by Crippen LogP contribution is 2.43. The van der Waals surface area contributed by atoms with Crippen LogP contribution in [-0.2, 0) is 0 Å². The van der Waals surface area contributed by atoms with E-state index in [1.54, 1.807) is 0 Å². The first kappa shape index (κ1) is 23.8. The number of hydrazine groups is 1. The van der Waals surface area contributed by atoms with Crippen LogP contribution < -0.4 is 16.2 Å². The number of amides is 2. The number of hydrogen-bond acceptors (Lipinski definition) is 5. The molecular weight excluding hydrogens is 462 g/mol. The van der Waals surface area contributed by atoms with Crippen LogP contribution in [0.4, 0.5) is 13.6 Å². The maximum absolute atomic E-state index is 13.4. The number of hydrogen-bond donors (Lipinski definition) is 3. The third kappa shape index (κ3) is 4.48. The predicted molar refractivity (Wildman–Crippen MR) is 132 cm³/mol. The molecular formula is C27H34F2N6O. The molecule has 1 aliphatic carbocycles. The average molecular weight is 497 g/mol. The van der Waals surface area contributed by atoms with Gasteiger partial charge in [0.1, 0.15) is 0 Å². The monoisotopic (exact) mass is 496 g/mol. The second-order valence-electron chi connectivity index (χ2n) is 10.9. The summed E-state index contributed by atoms with van der Waals surface area (Å²) in [4.78, 5) is 21.5. The van der Waals surface area contributed by atoms with Crippen molar-refractivity contribution < 1.29 is 13.6 Å². The lowest BCUT2D eigenvalue weighted by Crippen LogP contribution is -2.63. The molecule has 4 aliphatic rings. The van der Waals surface area contributed by atoms with Gasteiger partial charge >= 0.3 is 6.03 Å². The molecule has 5 unspecified atom stereocenters. The van der Waals surface area contributed by atoms with Gasteiger partial charge in [0.25, 0.3) is 6.43 Å². The summed E-state index contributed by atoms with van der Waals surface area (Å²) >= 11 is 0. The van der Waals surface area contributed by atoms with E-state index in [-0.39, 0.29) is 36.6 Å². The molecule has 4 heterocycles. The highest BCUT2D eigenvalue weighted by atomic mass is 19.3. The highest BCUT2D eigenvalue weighted by Gasteiger charge is 2.50. The van der Waals surface area contributed by atoms with Gasteiger partial charge in [0.05, 0.1) is 18.6 Å². The number of nitrogens with zero attached hydrogens (tertiary/aromatic N) is 3. The molecule has 3 aliphatic heterocycles. The number of pyridine rings is 1. The van der Waals surface area contributed by atoms with E-state index in [0.29, 0.717) is 37.5 Å². The van der Waals surface area contributed by atoms with Gasteiger partial charge in [0.15, 0.2) is 0 Å². The van der Waals surface area contributed by atoms with E-state index < -0.39 is 6.43 Å². The van der Waals surface area contributed by atoms with Gasteiger partial charge in [-0.05, 0) is 54.9 Å². The number of carbonyl (C=O) groups is 1. The van der Waals surface area contributed by atoms with E-state index in [9.17, 15) is 13.6 Å². The molecule has 9 heteroatoms. The number of rotatable bonds is 5. The minimum atomic E-state index is -2.38. The van der Waals surface area contributed by atoms with Gasteiger partial charge in [-0.1, -0.05) is 30.3 Å². The van der Waals surface area contributed by atoms with E-state index in [2.05, 4.69) is 45.4 Å². The zero-order valence-electron chi connectivity index (χ0n) is 20.5. The van der Waals surface area contributed by atoms with Gasteiger partial charge in [0, 0.05) is 49.5 Å². The fourth-order valence-corrected chi connectivity index (χ4v) is 7.04. The van der Waals surface area contributed by atoms with Crippen LogP contribution in [0.3, 0.4) is 0 Å². The van der Waals surface area contributed by atoms with Gasteiger partial charge < -0.3 is 10.2 Å². The van der Waals surface area contributed by atoms with Crippen LogP contribution >= 0.6 is 0 Å². The third-order valence-electron chi connectivity index (χ3n) is 8.69. The van der Waals surface area contributed by atoms with E-state index >= 15 is 0 Å². The number of benzene rings is 1. The molecule has 2 aromatic rings. The Bertz CT molecular complexity index is 1090. The topological polar surface area (TPSA) is 72.5 Å². The van der Waals surface area contributed by atoms with Crippen LogP contribution in [-0.4, -0.2) is 71.5 Å². The van der Waals surface area contributed by atoms with Crippen molar-refractivity contribution in [2.24, 2.45) is 11.8 Å². The number of likely N-dealkylation sites (tertiary alicyclic amines) is 1. The van der Waals surface area contributed by atoms with Crippen molar-refractivity contribution in [3.05, 3.63) is 65.5 Å². The summed E-state index contributed by atoms with van der Waals surface area (Å²) in [6.45, 7) is 3.44. The number of halogens is 2. The number of alkyl halides is 2. The van der Waals surface area contributed by atoms with Gasteiger partial charge in [-0.2, -0.15) is 0 Å². The van der Waals surface area contributed by atoms with Crippen molar-refractivity contribution in [1.29, 1.82) is 0 Å². The second-order valence-corrected chi connectivity index (χ2v) is 10.9. The normalized spacial score (nSPS) is 34.5. The first-order valence-electron chi connectivity index (χ1n) is 13.0. The molecule has 3 N–H and O–H groups in total. The van der Waals surface area contributed by atoms with E-state index in [0.717, 1.165) is 24.1 Å². The van der Waals surface area contributed by atoms with E-state index in [1.165, 1.54) is 5.56 Å². The number of aromatic nitrogens is 1. The first-order chi connectivity index (χ1) is 17.5. The third-order valence-corrected chi connectivity index (χ3v) is 8.69. The van der Waals surface area contributed by atoms with Crippen molar-refractivity contribution in [2.45, 2.75) is 56.3 Å². The number of carbonyl (C=O) groups excluding carboxylic acids is 1. The Morgan fingerprint density at radius 2 is 1.86 bits per heavy atom. The van der Waals surface area contributed by atoms with E-state index in [1.807, 2.05) is 41.1 Å². The minimum absolute atomic E-state index is 0.0194. The van der Waals surface area contributed by atoms with Crippen molar-refractivity contribution in [3.63, 3.8) is 0 Å². The van der Waals surface area contributed by atoms with Gasteiger partial charge in [-0.3, -0.25) is 15.3 Å². The molecule has 2 amide bonds. The van der Waals surface area contributed by atoms with E-state index in [4.69, 9.17) is 0 Å². The molecule has 36 heavy (non-hydrogen) atoms. The number of fused-ring (bicyclic) bond motifs is 2. The maximum atomic E-state index is 13.4. The van der Waals surface area contributed by atoms with Crippen LogP contribution in [0.1, 0.15) is 41.6 Å². The van der Waals surface area contributed by atoms with Crippen LogP contribution in [0.15, 0.2) is 48.7 Å². The van der Waals surface area contributed by atoms with Crippen LogP contribution in [0, 0.1) is 18.8 Å². The molecule has 0 bridgehead atoms. The molecule has 1 saturated carbocycles. The number of aryl methyl sites for hydroxylation is 1. The first-order valence-corrected chi connectivity index (χ1v) is 13.0.